The molecule has 0 aliphatic carbocycles. The van der Waals surface area contributed by atoms with Crippen molar-refractivity contribution in [2.75, 3.05) is 26.3 Å². The molecule has 0 saturated carbocycles. The minimum Gasteiger partial charge on any atom is -0.395 e. The summed E-state index contributed by atoms with van der Waals surface area (Å²) in [5.74, 6) is -1.65. The number of aliphatic hydroxyl groups excluding tert-OH is 2. The van der Waals surface area contributed by atoms with Crippen LogP contribution in [-0.4, -0.2) is 82.6 Å². The summed E-state index contributed by atoms with van der Waals surface area (Å²) < 4.78 is 17.8. The van der Waals surface area contributed by atoms with Gasteiger partial charge in [0, 0.05) is 19.2 Å². The van der Waals surface area contributed by atoms with Crippen molar-refractivity contribution in [3.63, 3.8) is 0 Å². The molecule has 0 aromatic carbocycles. The van der Waals surface area contributed by atoms with Crippen molar-refractivity contribution in [2.24, 2.45) is 11.5 Å². The van der Waals surface area contributed by atoms with Crippen LogP contribution in [0.15, 0.2) is 11.8 Å². The van der Waals surface area contributed by atoms with E-state index in [2.05, 4.69) is 0 Å². The predicted molar refractivity (Wildman–Crippen MR) is 80.7 cm³/mol. The quantitative estimate of drug-likeness (QED) is 0.139. The normalized spacial score (nSPS) is 11.4. The third kappa shape index (κ3) is 34.8. The molecule has 0 atom stereocenters. The maximum atomic E-state index is 11.0. The number of carbonyl (C=O) groups is 2. The number of hydrogen-bond acceptors (Lipinski definition) is 7. The Bertz CT molecular complexity index is 484. The van der Waals surface area contributed by atoms with Crippen LogP contribution in [0.1, 0.15) is 0 Å². The molecule has 0 aromatic rings. The van der Waals surface area contributed by atoms with Gasteiger partial charge in [0.05, 0.1) is 13.2 Å². The van der Waals surface area contributed by atoms with E-state index in [1.165, 1.54) is 4.90 Å². The third-order valence-electron chi connectivity index (χ3n) is 1.61. The fraction of sp³-hybridized carbons (Fsp3) is 0.500. The summed E-state index contributed by atoms with van der Waals surface area (Å²) in [6.45, 7) is -0.294. The van der Waals surface area contributed by atoms with Crippen LogP contribution < -0.4 is 11.5 Å². The van der Waals surface area contributed by atoms with E-state index in [0.717, 1.165) is 6.08 Å². The molecule has 0 bridgehead atoms. The predicted octanol–water partition coefficient (Wildman–Crippen LogP) is -4.73. The van der Waals surface area contributed by atoms with Crippen LogP contribution in [-0.2, 0) is 18.7 Å². The first-order chi connectivity index (χ1) is 11.0. The van der Waals surface area contributed by atoms with Gasteiger partial charge >= 0.3 is 15.6 Å². The number of phosphoric acid groups is 2. The van der Waals surface area contributed by atoms with Crippen molar-refractivity contribution in [1.82, 2.24) is 4.90 Å². The maximum absolute atomic E-state index is 11.0. The lowest BCUT2D eigenvalue weighted by atomic mass is 10.3. The van der Waals surface area contributed by atoms with Gasteiger partial charge in [0.25, 0.3) is 5.91 Å². The maximum Gasteiger partial charge on any atom is 0.466 e. The lowest BCUT2D eigenvalue weighted by Crippen LogP contribution is -2.36. The van der Waals surface area contributed by atoms with E-state index < -0.39 is 27.5 Å². The van der Waals surface area contributed by atoms with Gasteiger partial charge in [-0.05, 0) is 0 Å². The average molecular weight is 413 g/mol. The molecule has 0 aliphatic heterocycles. The topological polar surface area (TPSA) is 285 Å². The fourth-order valence-electron chi connectivity index (χ4n) is 1.05. The highest BCUT2D eigenvalue weighted by Crippen LogP contribution is 2.26. The molecule has 0 fully saturated rings. The van der Waals surface area contributed by atoms with Crippen LogP contribution in [0.5, 0.6) is 0 Å². The number of amides is 2. The minimum atomic E-state index is -4.64. The second kappa shape index (κ2) is 13.9. The number of primary amides is 2. The Labute approximate surface area is 141 Å². The number of rotatable bonds is 7. The molecule has 2 amide bonds. The number of nitrogens with two attached hydrogens (primary N) is 2. The van der Waals surface area contributed by atoms with Gasteiger partial charge in [0.1, 0.15) is 5.70 Å². The highest BCUT2D eigenvalue weighted by Gasteiger charge is 2.14. The Morgan fingerprint density at radius 1 is 0.840 bits per heavy atom. The first-order valence-corrected chi connectivity index (χ1v) is 9.00. The van der Waals surface area contributed by atoms with Crippen LogP contribution in [0.4, 0.5) is 0 Å². The van der Waals surface area contributed by atoms with E-state index in [0.29, 0.717) is 0 Å². The second-order valence-corrected chi connectivity index (χ2v) is 5.81. The molecule has 15 nitrogen and oxygen atoms in total. The van der Waals surface area contributed by atoms with Crippen LogP contribution in [0.3, 0.4) is 0 Å². The van der Waals surface area contributed by atoms with E-state index in [1.54, 1.807) is 0 Å². The van der Waals surface area contributed by atoms with Crippen molar-refractivity contribution in [1.29, 1.82) is 0 Å². The van der Waals surface area contributed by atoms with Gasteiger partial charge in [-0.2, -0.15) is 0 Å². The molecular weight excluding hydrogens is 392 g/mol. The number of aliphatic hydroxyl groups is 2. The monoisotopic (exact) mass is 413 g/mol. The summed E-state index contributed by atoms with van der Waals surface area (Å²) >= 11 is 0. The molecule has 0 spiro atoms. The molecule has 0 radical (unpaired) electrons. The van der Waals surface area contributed by atoms with Gasteiger partial charge in [-0.15, -0.1) is 0 Å². The van der Waals surface area contributed by atoms with Crippen LogP contribution in [0.25, 0.3) is 0 Å². The zero-order valence-corrected chi connectivity index (χ0v) is 14.4. The van der Waals surface area contributed by atoms with Crippen LogP contribution in [0.2, 0.25) is 0 Å². The molecule has 12 N–H and O–H groups in total. The fourth-order valence-corrected chi connectivity index (χ4v) is 1.05. The van der Waals surface area contributed by atoms with Gasteiger partial charge in [0.2, 0.25) is 5.91 Å². The van der Waals surface area contributed by atoms with E-state index in [4.69, 9.17) is 60.2 Å². The Hall–Kier alpha value is -1.38. The Morgan fingerprint density at radius 2 is 1.12 bits per heavy atom. The first-order valence-electron chi connectivity index (χ1n) is 5.87. The molecule has 150 valence electrons. The smallest absolute Gasteiger partial charge is 0.395 e. The lowest BCUT2D eigenvalue weighted by molar-refractivity contribution is -0.117. The van der Waals surface area contributed by atoms with Crippen LogP contribution in [0, 0.1) is 0 Å². The number of nitrogens with zero attached hydrogens (tertiary/aromatic N) is 1. The standard InChI is InChI=1S/C8H15N3O4.2H3O4P/c9-7(14)5-6(8(10)15)11(1-3-12)2-4-13;2*1-5(2,3)4/h5,12-13H,1-4H2,(H2,9,14)(H2,10,15);2*(H3,1,2,3,4)/b6-5-;;. The van der Waals surface area contributed by atoms with Crippen molar-refractivity contribution in [3.8, 4) is 0 Å². The largest absolute Gasteiger partial charge is 0.466 e. The average Bonchev–Trinajstić information content (AvgIpc) is 2.31. The van der Waals surface area contributed by atoms with Gasteiger partial charge in [-0.3, -0.25) is 9.59 Å². The number of hydrogen-bond donors (Lipinski definition) is 10. The summed E-state index contributed by atoms with van der Waals surface area (Å²) in [5.41, 5.74) is 9.79. The zero-order chi connectivity index (χ0) is 20.8. The number of carbonyl (C=O) groups excluding carboxylic acids is 2. The highest BCUT2D eigenvalue weighted by atomic mass is 31.2. The Morgan fingerprint density at radius 3 is 1.28 bits per heavy atom. The van der Waals surface area contributed by atoms with Gasteiger partial charge < -0.3 is 55.9 Å². The lowest BCUT2D eigenvalue weighted by Gasteiger charge is -2.23. The van der Waals surface area contributed by atoms with Crippen molar-refractivity contribution < 1.29 is 58.3 Å². The van der Waals surface area contributed by atoms with Crippen molar-refractivity contribution in [2.45, 2.75) is 0 Å². The van der Waals surface area contributed by atoms with Crippen molar-refractivity contribution >= 4 is 27.5 Å². The van der Waals surface area contributed by atoms with E-state index >= 15 is 0 Å². The van der Waals surface area contributed by atoms with E-state index in [-0.39, 0.29) is 32.0 Å². The summed E-state index contributed by atoms with van der Waals surface area (Å²) in [6, 6.07) is 0. The molecule has 25 heavy (non-hydrogen) atoms. The SMILES string of the molecule is NC(=O)/C=C(/C(N)=O)N(CCO)CCO.O=P(O)(O)O.O=P(O)(O)O. The molecular formula is C8H21N3O12P2. The molecule has 0 unspecified atom stereocenters. The Balaban J connectivity index is -0.000000396. The highest BCUT2D eigenvalue weighted by molar-refractivity contribution is 7.45. The zero-order valence-electron chi connectivity index (χ0n) is 12.6. The molecule has 17 heteroatoms. The minimum absolute atomic E-state index is 0.0859. The van der Waals surface area contributed by atoms with E-state index in [9.17, 15) is 9.59 Å². The molecule has 0 aromatic heterocycles. The van der Waals surface area contributed by atoms with E-state index in [1.807, 2.05) is 0 Å². The Kier molecular flexibility index (Phi) is 15.8. The molecule has 0 rings (SSSR count). The summed E-state index contributed by atoms with van der Waals surface area (Å²) in [6.07, 6.45) is 0.869. The molecule has 0 heterocycles. The van der Waals surface area contributed by atoms with Gasteiger partial charge in [-0.1, -0.05) is 0 Å². The second-order valence-electron chi connectivity index (χ2n) is 3.76. The van der Waals surface area contributed by atoms with Gasteiger partial charge in [0.15, 0.2) is 0 Å². The van der Waals surface area contributed by atoms with Crippen LogP contribution >= 0.6 is 15.6 Å². The summed E-state index contributed by atoms with van der Waals surface area (Å²) in [4.78, 5) is 66.0. The molecule has 0 saturated heterocycles. The van der Waals surface area contributed by atoms with Gasteiger partial charge in [-0.25, -0.2) is 9.13 Å². The third-order valence-corrected chi connectivity index (χ3v) is 1.61. The van der Waals surface area contributed by atoms with Crippen molar-refractivity contribution in [3.05, 3.63) is 11.8 Å². The first kappa shape index (κ1) is 28.4. The summed E-state index contributed by atoms with van der Waals surface area (Å²) in [5, 5.41) is 17.4. The molecule has 0 aliphatic rings. The summed E-state index contributed by atoms with van der Waals surface area (Å²) in [7, 11) is -9.28.